The second-order valence-electron chi connectivity index (χ2n) is 6.18. The van der Waals surface area contributed by atoms with Gasteiger partial charge in [-0.05, 0) is 37.7 Å². The first-order valence-electron chi connectivity index (χ1n) is 9.07. The van der Waals surface area contributed by atoms with Gasteiger partial charge in [0.25, 0.3) is 10.0 Å². The van der Waals surface area contributed by atoms with Crippen molar-refractivity contribution in [2.75, 3.05) is 30.5 Å². The van der Waals surface area contributed by atoms with Gasteiger partial charge in [0.15, 0.2) is 0 Å². The van der Waals surface area contributed by atoms with Crippen molar-refractivity contribution < 1.29 is 13.2 Å². The summed E-state index contributed by atoms with van der Waals surface area (Å²) in [6, 6.07) is 15.6. The maximum absolute atomic E-state index is 13.1. The Balaban J connectivity index is 0.00000392. The number of nitrogens with zero attached hydrogens (tertiary/aromatic N) is 1. The number of sulfonamides is 1. The number of likely N-dealkylation sites (N-methyl/N-ethyl adjacent to an activating group) is 1. The van der Waals surface area contributed by atoms with E-state index in [0.717, 1.165) is 12.1 Å². The zero-order valence-corrected chi connectivity index (χ0v) is 17.9. The number of carbonyl (C=O) groups is 1. The predicted octanol–water partition coefficient (Wildman–Crippen LogP) is 2.73. The van der Waals surface area contributed by atoms with Gasteiger partial charge in [-0.25, -0.2) is 8.42 Å². The molecule has 0 radical (unpaired) electrons. The van der Waals surface area contributed by atoms with Crippen LogP contribution in [0.2, 0.25) is 0 Å². The third kappa shape index (κ3) is 6.82. The molecule has 2 rings (SSSR count). The fourth-order valence-electron chi connectivity index (χ4n) is 2.58. The van der Waals surface area contributed by atoms with E-state index in [2.05, 4.69) is 10.6 Å². The molecule has 8 heteroatoms. The van der Waals surface area contributed by atoms with E-state index in [1.165, 1.54) is 4.31 Å². The molecule has 0 aliphatic carbocycles. The number of para-hydroxylation sites is 1. The molecule has 2 aromatic rings. The minimum atomic E-state index is -3.75. The lowest BCUT2D eigenvalue weighted by molar-refractivity contribution is -0.120. The molecule has 2 N–H and O–H groups in total. The van der Waals surface area contributed by atoms with Crippen LogP contribution in [-0.4, -0.2) is 40.5 Å². The molecule has 0 unspecified atom stereocenters. The predicted molar refractivity (Wildman–Crippen MR) is 116 cm³/mol. The molecule has 0 fully saturated rings. The van der Waals surface area contributed by atoms with Gasteiger partial charge in [-0.1, -0.05) is 42.8 Å². The quantitative estimate of drug-likeness (QED) is 0.574. The third-order valence-electron chi connectivity index (χ3n) is 4.07. The normalized spacial score (nSPS) is 10.8. The summed E-state index contributed by atoms with van der Waals surface area (Å²) in [5, 5.41) is 5.92. The third-order valence-corrected chi connectivity index (χ3v) is 5.91. The molecule has 2 aromatic carbocycles. The average molecular weight is 426 g/mol. The summed E-state index contributed by atoms with van der Waals surface area (Å²) in [5.41, 5.74) is 1.53. The van der Waals surface area contributed by atoms with Crippen molar-refractivity contribution in [3.63, 3.8) is 0 Å². The number of rotatable bonds is 10. The molecule has 0 saturated heterocycles. The summed E-state index contributed by atoms with van der Waals surface area (Å²) in [6.07, 6.45) is 0.0894. The smallest absolute Gasteiger partial charge is 0.264 e. The van der Waals surface area contributed by atoms with Crippen LogP contribution in [0.3, 0.4) is 0 Å². The van der Waals surface area contributed by atoms with Gasteiger partial charge < -0.3 is 10.6 Å². The minimum Gasteiger partial charge on any atom is -0.355 e. The Kier molecular flexibility index (Phi) is 9.99. The van der Waals surface area contributed by atoms with E-state index in [1.807, 2.05) is 19.9 Å². The first kappa shape index (κ1) is 23.9. The molecule has 0 bridgehead atoms. The lowest BCUT2D eigenvalue weighted by Gasteiger charge is -2.24. The number of hydrogen-bond acceptors (Lipinski definition) is 4. The number of aryl methyl sites for hydroxylation is 1. The number of nitrogens with one attached hydrogen (secondary N) is 2. The highest BCUT2D eigenvalue weighted by atomic mass is 35.5. The van der Waals surface area contributed by atoms with Crippen molar-refractivity contribution in [2.24, 2.45) is 0 Å². The molecular weight excluding hydrogens is 398 g/mol. The van der Waals surface area contributed by atoms with Gasteiger partial charge in [-0.3, -0.25) is 9.10 Å². The number of anilines is 1. The summed E-state index contributed by atoms with van der Waals surface area (Å²) < 4.78 is 27.6. The Hall–Kier alpha value is -2.09. The Morgan fingerprint density at radius 2 is 1.64 bits per heavy atom. The van der Waals surface area contributed by atoms with Gasteiger partial charge in [-0.2, -0.15) is 0 Å². The lowest BCUT2D eigenvalue weighted by Crippen LogP contribution is -2.37. The zero-order valence-electron chi connectivity index (χ0n) is 16.2. The summed E-state index contributed by atoms with van der Waals surface area (Å²) in [6.45, 7) is 6.02. The molecule has 0 spiro atoms. The van der Waals surface area contributed by atoms with Gasteiger partial charge in [0.05, 0.1) is 10.6 Å². The molecule has 154 valence electrons. The van der Waals surface area contributed by atoms with Crippen LogP contribution in [0.15, 0.2) is 59.5 Å². The summed E-state index contributed by atoms with van der Waals surface area (Å²) in [7, 11) is -3.75. The van der Waals surface area contributed by atoms with Gasteiger partial charge >= 0.3 is 0 Å². The Labute approximate surface area is 173 Å². The molecule has 0 aromatic heterocycles. The molecule has 0 saturated carbocycles. The minimum absolute atomic E-state index is 0. The number of hydrogen-bond donors (Lipinski definition) is 2. The first-order chi connectivity index (χ1) is 12.9. The molecule has 0 atom stereocenters. The van der Waals surface area contributed by atoms with Crippen LogP contribution in [0.4, 0.5) is 5.69 Å². The number of halogens is 1. The molecule has 0 heterocycles. The average Bonchev–Trinajstić information content (AvgIpc) is 2.66. The van der Waals surface area contributed by atoms with Gasteiger partial charge in [0.2, 0.25) is 5.91 Å². The number of carbonyl (C=O) groups excluding carboxylic acids is 1. The monoisotopic (exact) mass is 425 g/mol. The van der Waals surface area contributed by atoms with Crippen LogP contribution < -0.4 is 14.9 Å². The highest BCUT2D eigenvalue weighted by Gasteiger charge is 2.25. The molecule has 6 nitrogen and oxygen atoms in total. The van der Waals surface area contributed by atoms with E-state index in [-0.39, 0.29) is 36.2 Å². The number of amides is 1. The van der Waals surface area contributed by atoms with Crippen molar-refractivity contribution in [2.45, 2.75) is 25.2 Å². The van der Waals surface area contributed by atoms with E-state index < -0.39 is 10.0 Å². The first-order valence-corrected chi connectivity index (χ1v) is 10.5. The van der Waals surface area contributed by atoms with Crippen molar-refractivity contribution in [3.05, 3.63) is 60.2 Å². The van der Waals surface area contributed by atoms with Crippen molar-refractivity contribution in [1.29, 1.82) is 0 Å². The molecular formula is C20H28ClN3O3S. The van der Waals surface area contributed by atoms with Gasteiger partial charge in [0.1, 0.15) is 0 Å². The van der Waals surface area contributed by atoms with Gasteiger partial charge in [-0.15, -0.1) is 12.4 Å². The van der Waals surface area contributed by atoms with E-state index in [4.69, 9.17) is 0 Å². The molecule has 0 aliphatic rings. The fourth-order valence-corrected chi connectivity index (χ4v) is 4.04. The topological polar surface area (TPSA) is 78.5 Å². The largest absolute Gasteiger partial charge is 0.355 e. The highest BCUT2D eigenvalue weighted by molar-refractivity contribution is 7.92. The fraction of sp³-hybridized carbons (Fsp3) is 0.350. The molecule has 0 aliphatic heterocycles. The van der Waals surface area contributed by atoms with E-state index >= 15 is 0 Å². The maximum atomic E-state index is 13.1. The number of benzene rings is 2. The second-order valence-corrected chi connectivity index (χ2v) is 8.04. The van der Waals surface area contributed by atoms with E-state index in [0.29, 0.717) is 18.8 Å². The van der Waals surface area contributed by atoms with Crippen LogP contribution >= 0.6 is 12.4 Å². The lowest BCUT2D eigenvalue weighted by atomic mass is 10.2. The summed E-state index contributed by atoms with van der Waals surface area (Å²) in [4.78, 5) is 12.3. The Morgan fingerprint density at radius 3 is 2.25 bits per heavy atom. The maximum Gasteiger partial charge on any atom is 0.264 e. The zero-order chi connectivity index (χ0) is 19.7. The van der Waals surface area contributed by atoms with E-state index in [9.17, 15) is 13.2 Å². The van der Waals surface area contributed by atoms with Crippen molar-refractivity contribution >= 4 is 34.0 Å². The SMILES string of the molecule is CCNCCNC(=O)CCN(c1ccccc1)S(=O)(=O)c1ccc(C)cc1.Cl. The summed E-state index contributed by atoms with van der Waals surface area (Å²) in [5.74, 6) is -0.173. The standard InChI is InChI=1S/C20H27N3O3S.ClH/c1-3-21-14-15-22-20(24)13-16-23(18-7-5-4-6-8-18)27(25,26)19-11-9-17(2)10-12-19;/h4-12,21H,3,13-16H2,1-2H3,(H,22,24);1H. The van der Waals surface area contributed by atoms with Crippen LogP contribution in [0.5, 0.6) is 0 Å². The van der Waals surface area contributed by atoms with Crippen LogP contribution in [0.25, 0.3) is 0 Å². The van der Waals surface area contributed by atoms with Crippen molar-refractivity contribution in [1.82, 2.24) is 10.6 Å². The molecule has 28 heavy (non-hydrogen) atoms. The Morgan fingerprint density at radius 1 is 1.00 bits per heavy atom. The second kappa shape index (κ2) is 11.7. The van der Waals surface area contributed by atoms with Crippen molar-refractivity contribution in [3.8, 4) is 0 Å². The van der Waals surface area contributed by atoms with Crippen LogP contribution in [-0.2, 0) is 14.8 Å². The Bertz CT molecular complexity index is 828. The van der Waals surface area contributed by atoms with E-state index in [1.54, 1.807) is 48.5 Å². The van der Waals surface area contributed by atoms with Gasteiger partial charge in [0, 0.05) is 26.1 Å². The van der Waals surface area contributed by atoms with Crippen LogP contribution in [0, 0.1) is 6.92 Å². The van der Waals surface area contributed by atoms with Crippen LogP contribution in [0.1, 0.15) is 18.9 Å². The molecule has 1 amide bonds. The highest BCUT2D eigenvalue weighted by Crippen LogP contribution is 2.24. The summed E-state index contributed by atoms with van der Waals surface area (Å²) >= 11 is 0.